The minimum atomic E-state index is -0.410. The maximum atomic E-state index is 12.4. The van der Waals surface area contributed by atoms with E-state index in [1.165, 1.54) is 12.7 Å². The molecule has 2 aromatic carbocycles. The van der Waals surface area contributed by atoms with E-state index < -0.39 is 5.92 Å². The quantitative estimate of drug-likeness (QED) is 0.561. The van der Waals surface area contributed by atoms with E-state index in [0.717, 1.165) is 18.4 Å². The summed E-state index contributed by atoms with van der Waals surface area (Å²) in [6, 6.07) is 20.4. The number of hydrogen-bond donors (Lipinski definition) is 0. The summed E-state index contributed by atoms with van der Waals surface area (Å²) in [6.45, 7) is 0.662. The number of methoxy groups -OCH3 is 1. The Morgan fingerprint density at radius 3 is 2.27 bits per heavy atom. The molecule has 1 unspecified atom stereocenters. The van der Waals surface area contributed by atoms with Crippen molar-refractivity contribution in [3.8, 4) is 0 Å². The van der Waals surface area contributed by atoms with Crippen LogP contribution in [0.25, 0.3) is 0 Å². The van der Waals surface area contributed by atoms with Gasteiger partial charge in [0, 0.05) is 12.7 Å². The first-order chi connectivity index (χ1) is 12.7. The third kappa shape index (κ3) is 4.38. The summed E-state index contributed by atoms with van der Waals surface area (Å²) in [4.78, 5) is 15.0. The molecule has 0 aliphatic carbocycles. The molecule has 0 N–H and O–H groups in total. The Morgan fingerprint density at radius 1 is 1.04 bits per heavy atom. The van der Waals surface area contributed by atoms with E-state index in [9.17, 15) is 4.79 Å². The summed E-state index contributed by atoms with van der Waals surface area (Å²) >= 11 is 5.67. The second-order valence-electron chi connectivity index (χ2n) is 6.48. The summed E-state index contributed by atoms with van der Waals surface area (Å²) < 4.78 is 5.05. The van der Waals surface area contributed by atoms with Crippen LogP contribution in [0.2, 0.25) is 0 Å². The zero-order valence-corrected chi connectivity index (χ0v) is 15.7. The van der Waals surface area contributed by atoms with Crippen molar-refractivity contribution in [1.82, 2.24) is 4.90 Å². The van der Waals surface area contributed by atoms with E-state index in [-0.39, 0.29) is 11.9 Å². The van der Waals surface area contributed by atoms with E-state index in [4.69, 9.17) is 17.0 Å². The van der Waals surface area contributed by atoms with Gasteiger partial charge in [-0.1, -0.05) is 79.0 Å². The predicted molar refractivity (Wildman–Crippen MR) is 107 cm³/mol. The Hall–Kier alpha value is -2.46. The Morgan fingerprint density at radius 2 is 1.65 bits per heavy atom. The SMILES string of the molecule is COC(=O)C1C(=S)N(Cc2ccccc2)C=C[C@H]1CCc1ccccc1. The second kappa shape index (κ2) is 8.77. The Labute approximate surface area is 160 Å². The van der Waals surface area contributed by atoms with Gasteiger partial charge in [0.05, 0.1) is 12.1 Å². The van der Waals surface area contributed by atoms with Crippen molar-refractivity contribution in [3.05, 3.63) is 84.1 Å². The number of carbonyl (C=O) groups is 1. The van der Waals surface area contributed by atoms with E-state index in [2.05, 4.69) is 30.3 Å². The normalized spacial score (nSPS) is 19.4. The molecule has 4 heteroatoms. The van der Waals surface area contributed by atoms with Crippen LogP contribution in [0.4, 0.5) is 0 Å². The van der Waals surface area contributed by atoms with Crippen LogP contribution < -0.4 is 0 Å². The highest BCUT2D eigenvalue weighted by molar-refractivity contribution is 7.80. The van der Waals surface area contributed by atoms with E-state index >= 15 is 0 Å². The van der Waals surface area contributed by atoms with Crippen LogP contribution >= 0.6 is 12.2 Å². The van der Waals surface area contributed by atoms with Crippen LogP contribution in [-0.2, 0) is 22.5 Å². The summed E-state index contributed by atoms with van der Waals surface area (Å²) in [6.07, 6.45) is 5.89. The average molecular weight is 365 g/mol. The first-order valence-electron chi connectivity index (χ1n) is 8.83. The number of thiocarbonyl (C=S) groups is 1. The molecule has 134 valence electrons. The zero-order valence-electron chi connectivity index (χ0n) is 14.9. The monoisotopic (exact) mass is 365 g/mol. The molecule has 2 aromatic rings. The fourth-order valence-corrected chi connectivity index (χ4v) is 3.71. The molecule has 26 heavy (non-hydrogen) atoms. The van der Waals surface area contributed by atoms with Crippen molar-refractivity contribution in [2.24, 2.45) is 11.8 Å². The van der Waals surface area contributed by atoms with Crippen LogP contribution in [0.3, 0.4) is 0 Å². The van der Waals surface area contributed by atoms with Crippen molar-refractivity contribution in [1.29, 1.82) is 0 Å². The average Bonchev–Trinajstić information content (AvgIpc) is 2.69. The molecule has 0 radical (unpaired) electrons. The van der Waals surface area contributed by atoms with Crippen LogP contribution in [0.15, 0.2) is 72.9 Å². The first-order valence-corrected chi connectivity index (χ1v) is 9.24. The van der Waals surface area contributed by atoms with Crippen molar-refractivity contribution in [3.63, 3.8) is 0 Å². The van der Waals surface area contributed by atoms with Gasteiger partial charge in [-0.25, -0.2) is 0 Å². The topological polar surface area (TPSA) is 29.5 Å². The van der Waals surface area contributed by atoms with Crippen molar-refractivity contribution < 1.29 is 9.53 Å². The molecule has 3 nitrogen and oxygen atoms in total. The smallest absolute Gasteiger partial charge is 0.316 e. The number of benzene rings is 2. The molecule has 1 aliphatic rings. The molecular weight excluding hydrogens is 342 g/mol. The number of esters is 1. The largest absolute Gasteiger partial charge is 0.468 e. The molecule has 1 aliphatic heterocycles. The molecule has 0 fully saturated rings. The zero-order chi connectivity index (χ0) is 18.4. The molecule has 0 saturated heterocycles. The van der Waals surface area contributed by atoms with Crippen molar-refractivity contribution >= 4 is 23.2 Å². The maximum absolute atomic E-state index is 12.4. The fraction of sp³-hybridized carbons (Fsp3) is 0.273. The van der Waals surface area contributed by atoms with Gasteiger partial charge in [0.1, 0.15) is 5.92 Å². The van der Waals surface area contributed by atoms with Crippen LogP contribution in [0.1, 0.15) is 17.5 Å². The number of aryl methyl sites for hydroxylation is 1. The van der Waals surface area contributed by atoms with Crippen molar-refractivity contribution in [2.45, 2.75) is 19.4 Å². The van der Waals surface area contributed by atoms with E-state index in [1.54, 1.807) is 0 Å². The lowest BCUT2D eigenvalue weighted by Gasteiger charge is -2.34. The molecule has 3 rings (SSSR count). The van der Waals surface area contributed by atoms with Gasteiger partial charge in [-0.05, 0) is 29.9 Å². The lowest BCUT2D eigenvalue weighted by Crippen LogP contribution is -2.42. The Bertz CT molecular complexity index is 773. The summed E-state index contributed by atoms with van der Waals surface area (Å²) in [7, 11) is 1.43. The summed E-state index contributed by atoms with van der Waals surface area (Å²) in [5, 5.41) is 0. The lowest BCUT2D eigenvalue weighted by molar-refractivity contribution is -0.144. The van der Waals surface area contributed by atoms with Gasteiger partial charge in [0.25, 0.3) is 0 Å². The number of ether oxygens (including phenoxy) is 1. The Kier molecular flexibility index (Phi) is 6.18. The molecular formula is C22H23NO2S. The highest BCUT2D eigenvalue weighted by Crippen LogP contribution is 2.29. The number of allylic oxidation sites excluding steroid dienone is 1. The summed E-state index contributed by atoms with van der Waals surface area (Å²) in [5.41, 5.74) is 2.42. The third-order valence-electron chi connectivity index (χ3n) is 4.75. The molecule has 0 spiro atoms. The molecule has 2 atom stereocenters. The van der Waals surface area contributed by atoms with Gasteiger partial charge < -0.3 is 9.64 Å². The molecule has 0 amide bonds. The van der Waals surface area contributed by atoms with Gasteiger partial charge in [0.15, 0.2) is 0 Å². The lowest BCUT2D eigenvalue weighted by atomic mass is 9.84. The maximum Gasteiger partial charge on any atom is 0.316 e. The molecule has 0 saturated carbocycles. The number of nitrogens with zero attached hydrogens (tertiary/aromatic N) is 1. The number of hydrogen-bond acceptors (Lipinski definition) is 3. The highest BCUT2D eigenvalue weighted by atomic mass is 32.1. The van der Waals surface area contributed by atoms with Crippen molar-refractivity contribution in [2.75, 3.05) is 7.11 Å². The van der Waals surface area contributed by atoms with Crippen LogP contribution in [0.5, 0.6) is 0 Å². The summed E-state index contributed by atoms with van der Waals surface area (Å²) in [5.74, 6) is -0.606. The molecule has 0 bridgehead atoms. The van der Waals surface area contributed by atoms with E-state index in [0.29, 0.717) is 11.5 Å². The predicted octanol–water partition coefficient (Wildman–Crippen LogP) is 4.38. The van der Waals surface area contributed by atoms with Gasteiger partial charge in [-0.3, -0.25) is 4.79 Å². The number of carbonyl (C=O) groups excluding carboxylic acids is 1. The minimum absolute atomic E-state index is 0.0576. The van der Waals surface area contributed by atoms with Gasteiger partial charge in [0.2, 0.25) is 0 Å². The van der Waals surface area contributed by atoms with Crippen LogP contribution in [-0.4, -0.2) is 23.0 Å². The highest BCUT2D eigenvalue weighted by Gasteiger charge is 2.36. The first kappa shape index (κ1) is 18.3. The van der Waals surface area contributed by atoms with Gasteiger partial charge >= 0.3 is 5.97 Å². The Balaban J connectivity index is 1.75. The molecule has 1 heterocycles. The van der Waals surface area contributed by atoms with Crippen LogP contribution in [0, 0.1) is 11.8 Å². The van der Waals surface area contributed by atoms with E-state index in [1.807, 2.05) is 47.5 Å². The van der Waals surface area contributed by atoms with Gasteiger partial charge in [-0.15, -0.1) is 0 Å². The fourth-order valence-electron chi connectivity index (χ4n) is 3.32. The number of rotatable bonds is 6. The second-order valence-corrected chi connectivity index (χ2v) is 6.90. The minimum Gasteiger partial charge on any atom is -0.468 e. The third-order valence-corrected chi connectivity index (χ3v) is 5.24. The van der Waals surface area contributed by atoms with Gasteiger partial charge in [-0.2, -0.15) is 0 Å². The standard InChI is InChI=1S/C22H23NO2S/c1-25-22(24)20-19(13-12-17-8-4-2-5-9-17)14-15-23(21(20)26)16-18-10-6-3-7-11-18/h2-11,14-15,19-20H,12-13,16H2,1H3/t19-,20?/m1/s1. The molecule has 0 aromatic heterocycles.